The molecule has 0 aromatic carbocycles. The van der Waals surface area contributed by atoms with Crippen LogP contribution in [-0.4, -0.2) is 83.9 Å². The van der Waals surface area contributed by atoms with Gasteiger partial charge >= 0.3 is 5.97 Å². The van der Waals surface area contributed by atoms with Gasteiger partial charge in [-0.25, -0.2) is 0 Å². The third-order valence-corrected chi connectivity index (χ3v) is 6.08. The molecule has 0 bridgehead atoms. The van der Waals surface area contributed by atoms with E-state index in [1.165, 1.54) is 14.0 Å². The van der Waals surface area contributed by atoms with Crippen LogP contribution in [0.1, 0.15) is 45.4 Å². The van der Waals surface area contributed by atoms with E-state index in [-0.39, 0.29) is 23.3 Å². The molecule has 7 heteroatoms. The lowest BCUT2D eigenvalue weighted by molar-refractivity contribution is -0.155. The van der Waals surface area contributed by atoms with Crippen LogP contribution in [0.25, 0.3) is 0 Å². The number of likely N-dealkylation sites (N-methyl/N-ethyl adjacent to an activating group) is 1. The molecule has 4 rings (SSSR count). The van der Waals surface area contributed by atoms with Gasteiger partial charge in [0.25, 0.3) is 0 Å². The van der Waals surface area contributed by atoms with Crippen LogP contribution >= 0.6 is 0 Å². The third-order valence-electron chi connectivity index (χ3n) is 6.08. The minimum absolute atomic E-state index is 0.219. The lowest BCUT2D eigenvalue weighted by Gasteiger charge is -2.43. The summed E-state index contributed by atoms with van der Waals surface area (Å²) in [6, 6.07) is 0. The molecule has 2 aliphatic heterocycles. The van der Waals surface area contributed by atoms with Gasteiger partial charge in [0.05, 0.1) is 7.11 Å². The molecule has 0 unspecified atom stereocenters. The molecule has 2 amide bonds. The van der Waals surface area contributed by atoms with Gasteiger partial charge in [0.1, 0.15) is 11.1 Å². The fraction of sp³-hybridized carbons (Fsp3) is 0.833. The number of methoxy groups -OCH3 is 1. The van der Waals surface area contributed by atoms with Crippen LogP contribution in [0.3, 0.4) is 0 Å². The van der Waals surface area contributed by atoms with Gasteiger partial charge in [0, 0.05) is 33.1 Å². The summed E-state index contributed by atoms with van der Waals surface area (Å²) in [4.78, 5) is 41.4. The second-order valence-electron chi connectivity index (χ2n) is 7.64. The molecule has 4 aliphatic rings. The Morgan fingerprint density at radius 3 is 2.00 bits per heavy atom. The highest BCUT2D eigenvalue weighted by Crippen LogP contribution is 2.51. The van der Waals surface area contributed by atoms with Crippen molar-refractivity contribution < 1.29 is 19.1 Å². The number of hydrogen-bond donors (Lipinski definition) is 0. The van der Waals surface area contributed by atoms with E-state index in [4.69, 9.17) is 0 Å². The fourth-order valence-electron chi connectivity index (χ4n) is 4.03. The van der Waals surface area contributed by atoms with Gasteiger partial charge < -0.3 is 14.5 Å². The molecule has 0 aromatic rings. The van der Waals surface area contributed by atoms with Crippen molar-refractivity contribution in [3.63, 3.8) is 0 Å². The summed E-state index contributed by atoms with van der Waals surface area (Å²) in [6.45, 7) is 4.75. The number of rotatable bonds is 2. The fourth-order valence-corrected chi connectivity index (χ4v) is 4.03. The average Bonchev–Trinajstić information content (AvgIpc) is 3.51. The summed E-state index contributed by atoms with van der Waals surface area (Å²) in [5.74, 6) is 0.199. The summed E-state index contributed by atoms with van der Waals surface area (Å²) in [5.41, 5.74) is -0.711. The molecule has 25 heavy (non-hydrogen) atoms. The summed E-state index contributed by atoms with van der Waals surface area (Å²) in [6.07, 6.45) is 5.90. The van der Waals surface area contributed by atoms with Crippen LogP contribution in [-0.2, 0) is 19.1 Å². The zero-order valence-electron chi connectivity index (χ0n) is 15.5. The molecule has 0 atom stereocenters. The van der Waals surface area contributed by atoms with Crippen LogP contribution < -0.4 is 0 Å². The summed E-state index contributed by atoms with van der Waals surface area (Å²) in [5, 5.41) is 0. The minimum Gasteiger partial charge on any atom is -0.469 e. The number of nitrogens with zero attached hydrogens (tertiary/aromatic N) is 3. The maximum atomic E-state index is 12.8. The molecule has 0 aromatic heterocycles. The largest absolute Gasteiger partial charge is 0.469 e. The predicted octanol–water partition coefficient (Wildman–Crippen LogP) is 0.627. The Morgan fingerprint density at radius 2 is 1.56 bits per heavy atom. The highest BCUT2D eigenvalue weighted by atomic mass is 16.5. The van der Waals surface area contributed by atoms with Crippen molar-refractivity contribution in [2.75, 3.05) is 40.3 Å². The van der Waals surface area contributed by atoms with E-state index in [1.807, 2.05) is 16.8 Å². The summed E-state index contributed by atoms with van der Waals surface area (Å²) < 4.78 is 4.11. The van der Waals surface area contributed by atoms with E-state index in [9.17, 15) is 14.4 Å². The molecular formula is C18H29N3O4. The molecule has 2 saturated carbocycles. The molecular weight excluding hydrogens is 322 g/mol. The summed E-state index contributed by atoms with van der Waals surface area (Å²) >= 11 is 0. The van der Waals surface area contributed by atoms with E-state index in [1.54, 1.807) is 0 Å². The Labute approximate surface area is 149 Å². The van der Waals surface area contributed by atoms with Gasteiger partial charge in [-0.15, -0.1) is 0 Å². The van der Waals surface area contributed by atoms with Crippen LogP contribution in [0, 0.1) is 0 Å². The van der Waals surface area contributed by atoms with Gasteiger partial charge in [-0.2, -0.15) is 0 Å². The molecule has 4 fully saturated rings. The Balaban J connectivity index is 0.000000324. The first-order valence-electron chi connectivity index (χ1n) is 9.25. The lowest BCUT2D eigenvalue weighted by Crippen LogP contribution is -2.64. The van der Waals surface area contributed by atoms with E-state index < -0.39 is 5.54 Å². The SMILES string of the molecule is CN1CCN(C2(C(=O)N3CCCC3)CC2)C(=O)C12CC2.COC(C)=O. The molecule has 0 N–H and O–H groups in total. The second kappa shape index (κ2) is 6.59. The van der Waals surface area contributed by atoms with Crippen molar-refractivity contribution in [1.82, 2.24) is 14.7 Å². The van der Waals surface area contributed by atoms with Gasteiger partial charge in [0.15, 0.2) is 0 Å². The zero-order valence-corrected chi connectivity index (χ0v) is 15.5. The monoisotopic (exact) mass is 351 g/mol. The van der Waals surface area contributed by atoms with Crippen molar-refractivity contribution in [3.05, 3.63) is 0 Å². The first-order valence-corrected chi connectivity index (χ1v) is 9.25. The van der Waals surface area contributed by atoms with E-state index in [0.29, 0.717) is 0 Å². The predicted molar refractivity (Wildman–Crippen MR) is 91.8 cm³/mol. The molecule has 2 heterocycles. The van der Waals surface area contributed by atoms with Crippen LogP contribution in [0.15, 0.2) is 0 Å². The first-order chi connectivity index (χ1) is 11.9. The maximum absolute atomic E-state index is 12.8. The third kappa shape index (κ3) is 3.14. The number of amides is 2. The van der Waals surface area contributed by atoms with Crippen molar-refractivity contribution >= 4 is 17.8 Å². The molecule has 0 radical (unpaired) electrons. The Bertz CT molecular complexity index is 563. The number of esters is 1. The Hall–Kier alpha value is -1.63. The normalized spacial score (nSPS) is 26.1. The molecule has 2 aliphatic carbocycles. The highest BCUT2D eigenvalue weighted by Gasteiger charge is 2.65. The van der Waals surface area contributed by atoms with Gasteiger partial charge in [-0.3, -0.25) is 19.3 Å². The molecule has 7 nitrogen and oxygen atoms in total. The maximum Gasteiger partial charge on any atom is 0.302 e. The lowest BCUT2D eigenvalue weighted by atomic mass is 10.0. The first kappa shape index (κ1) is 18.2. The summed E-state index contributed by atoms with van der Waals surface area (Å²) in [7, 11) is 3.40. The van der Waals surface area contributed by atoms with Crippen LogP contribution in [0.5, 0.6) is 0 Å². The van der Waals surface area contributed by atoms with Gasteiger partial charge in [0.2, 0.25) is 11.8 Å². The van der Waals surface area contributed by atoms with Gasteiger partial charge in [-0.05, 0) is 45.6 Å². The number of carbonyl (C=O) groups is 3. The van der Waals surface area contributed by atoms with Crippen molar-refractivity contribution in [2.45, 2.75) is 56.5 Å². The Kier molecular flexibility index (Phi) is 4.79. The average molecular weight is 351 g/mol. The van der Waals surface area contributed by atoms with Crippen molar-refractivity contribution in [3.8, 4) is 0 Å². The number of carbonyl (C=O) groups excluding carboxylic acids is 3. The standard InChI is InChI=1S/C15H23N3O2.C3H6O2/c1-16-10-11-18(13(20)14(16)4-5-14)15(6-7-15)12(19)17-8-2-3-9-17;1-3(4)5-2/h2-11H2,1H3;1-2H3. The number of likely N-dealkylation sites (tertiary alicyclic amines) is 1. The minimum atomic E-state index is -0.460. The quantitative estimate of drug-likeness (QED) is 0.683. The number of piperazine rings is 1. The van der Waals surface area contributed by atoms with Crippen LogP contribution in [0.2, 0.25) is 0 Å². The van der Waals surface area contributed by atoms with E-state index in [0.717, 1.165) is 64.7 Å². The second-order valence-corrected chi connectivity index (χ2v) is 7.64. The van der Waals surface area contributed by atoms with E-state index >= 15 is 0 Å². The topological polar surface area (TPSA) is 70.2 Å². The highest BCUT2D eigenvalue weighted by molar-refractivity contribution is 5.98. The molecule has 140 valence electrons. The number of ether oxygens (including phenoxy) is 1. The zero-order chi connectivity index (χ0) is 18.2. The van der Waals surface area contributed by atoms with E-state index in [2.05, 4.69) is 9.64 Å². The van der Waals surface area contributed by atoms with Crippen LogP contribution in [0.4, 0.5) is 0 Å². The molecule has 1 spiro atoms. The number of hydrogen-bond acceptors (Lipinski definition) is 5. The van der Waals surface area contributed by atoms with Crippen molar-refractivity contribution in [2.24, 2.45) is 0 Å². The smallest absolute Gasteiger partial charge is 0.302 e. The van der Waals surface area contributed by atoms with Crippen molar-refractivity contribution in [1.29, 1.82) is 0 Å². The van der Waals surface area contributed by atoms with Gasteiger partial charge in [-0.1, -0.05) is 0 Å². The molecule has 2 saturated heterocycles. The Morgan fingerprint density at radius 1 is 1.00 bits per heavy atom.